The van der Waals surface area contributed by atoms with E-state index in [1.807, 2.05) is 39.0 Å². The average Bonchev–Trinajstić information content (AvgIpc) is 3.29. The van der Waals surface area contributed by atoms with Crippen LogP contribution in [-0.4, -0.2) is 75.7 Å². The highest BCUT2D eigenvalue weighted by molar-refractivity contribution is 9.10. The van der Waals surface area contributed by atoms with Crippen LogP contribution >= 0.6 is 15.9 Å². The molecule has 1 fully saturated rings. The standard InChI is InChI=1S/C19H26BrN7O3/c1-19(2,3)30-18(28)26-5-6-29-13(10-26)15-14(20)16(21)27-17(24-15)12(8-23-27)11-7-22-25(4)9-11/h7-8,11,13H,5-6,9-10,21H2,1-4H3. The number of hydrazone groups is 1. The minimum atomic E-state index is -0.560. The van der Waals surface area contributed by atoms with Gasteiger partial charge in [-0.1, -0.05) is 0 Å². The number of nitrogen functional groups attached to an aromatic ring is 1. The molecule has 2 aromatic rings. The predicted octanol–water partition coefficient (Wildman–Crippen LogP) is 2.40. The number of nitrogens with zero attached hydrogens (tertiary/aromatic N) is 6. The van der Waals surface area contributed by atoms with Crippen LogP contribution in [0.3, 0.4) is 0 Å². The van der Waals surface area contributed by atoms with Crippen molar-refractivity contribution in [3.8, 4) is 0 Å². The summed E-state index contributed by atoms with van der Waals surface area (Å²) in [5.74, 6) is 0.515. The van der Waals surface area contributed by atoms with E-state index < -0.39 is 11.7 Å². The Kier molecular flexibility index (Phi) is 5.35. The molecule has 11 heteroatoms. The van der Waals surface area contributed by atoms with Crippen molar-refractivity contribution in [3.63, 3.8) is 0 Å². The van der Waals surface area contributed by atoms with Crippen LogP contribution in [-0.2, 0) is 9.47 Å². The number of carbonyl (C=O) groups excluding carboxylic acids is 1. The summed E-state index contributed by atoms with van der Waals surface area (Å²) >= 11 is 3.55. The molecule has 0 bridgehead atoms. The van der Waals surface area contributed by atoms with Gasteiger partial charge in [0.25, 0.3) is 0 Å². The molecule has 2 aromatic heterocycles. The number of nitrogens with two attached hydrogens (primary N) is 1. The fraction of sp³-hybridized carbons (Fsp3) is 0.579. The van der Waals surface area contributed by atoms with Crippen LogP contribution in [0.5, 0.6) is 0 Å². The zero-order valence-corrected chi connectivity index (χ0v) is 19.1. The van der Waals surface area contributed by atoms with Crippen LogP contribution in [0.15, 0.2) is 15.8 Å². The minimum Gasteiger partial charge on any atom is -0.444 e. The number of hydrogen-bond acceptors (Lipinski definition) is 8. The Morgan fingerprint density at radius 1 is 1.37 bits per heavy atom. The van der Waals surface area contributed by atoms with E-state index in [1.54, 1.807) is 15.6 Å². The second-order valence-corrected chi connectivity index (χ2v) is 9.32. The molecule has 4 heterocycles. The molecular formula is C19H26BrN7O3. The lowest BCUT2D eigenvalue weighted by Gasteiger charge is -2.34. The molecule has 10 nitrogen and oxygen atoms in total. The SMILES string of the molecule is CN1CC(c2cnn3c(N)c(Br)c(C4CN(C(=O)OC(C)(C)C)CCO4)nc23)C=N1. The van der Waals surface area contributed by atoms with Gasteiger partial charge in [0.2, 0.25) is 0 Å². The Morgan fingerprint density at radius 3 is 2.80 bits per heavy atom. The van der Waals surface area contributed by atoms with Crippen molar-refractivity contribution in [2.24, 2.45) is 5.10 Å². The van der Waals surface area contributed by atoms with Crippen molar-refractivity contribution < 1.29 is 14.3 Å². The smallest absolute Gasteiger partial charge is 0.410 e. The van der Waals surface area contributed by atoms with Crippen molar-refractivity contribution in [3.05, 3.63) is 21.9 Å². The lowest BCUT2D eigenvalue weighted by Crippen LogP contribution is -2.45. The molecule has 0 saturated carbocycles. The topological polar surface area (TPSA) is 111 Å². The quantitative estimate of drug-likeness (QED) is 0.703. The Balaban J connectivity index is 1.65. The third-order valence-corrected chi connectivity index (χ3v) is 5.82. The third-order valence-electron chi connectivity index (χ3n) is 5.00. The highest BCUT2D eigenvalue weighted by Gasteiger charge is 2.32. The monoisotopic (exact) mass is 479 g/mol. The predicted molar refractivity (Wildman–Crippen MR) is 115 cm³/mol. The highest BCUT2D eigenvalue weighted by atomic mass is 79.9. The maximum atomic E-state index is 12.5. The van der Waals surface area contributed by atoms with Crippen molar-refractivity contribution >= 4 is 39.7 Å². The van der Waals surface area contributed by atoms with Gasteiger partial charge in [-0.3, -0.25) is 5.01 Å². The van der Waals surface area contributed by atoms with E-state index in [0.717, 1.165) is 12.1 Å². The second kappa shape index (κ2) is 7.69. The van der Waals surface area contributed by atoms with E-state index in [2.05, 4.69) is 26.1 Å². The van der Waals surface area contributed by atoms with Crippen molar-refractivity contribution in [2.45, 2.75) is 38.4 Å². The molecule has 2 unspecified atom stereocenters. The van der Waals surface area contributed by atoms with Crippen LogP contribution in [0.2, 0.25) is 0 Å². The maximum Gasteiger partial charge on any atom is 0.410 e. The first kappa shape index (κ1) is 20.9. The summed E-state index contributed by atoms with van der Waals surface area (Å²) in [6.45, 7) is 7.47. The average molecular weight is 480 g/mol. The Bertz CT molecular complexity index is 1000. The molecule has 2 N–H and O–H groups in total. The summed E-state index contributed by atoms with van der Waals surface area (Å²) in [7, 11) is 1.92. The summed E-state index contributed by atoms with van der Waals surface area (Å²) in [4.78, 5) is 19.0. The number of likely N-dealkylation sites (N-methyl/N-ethyl adjacent to an activating group) is 1. The zero-order chi connectivity index (χ0) is 21.6. The number of carbonyl (C=O) groups is 1. The van der Waals surface area contributed by atoms with Crippen LogP contribution in [0.4, 0.5) is 10.6 Å². The maximum absolute atomic E-state index is 12.5. The first-order chi connectivity index (χ1) is 14.1. The second-order valence-electron chi connectivity index (χ2n) is 8.53. The number of aromatic nitrogens is 3. The van der Waals surface area contributed by atoms with E-state index in [-0.39, 0.29) is 12.0 Å². The third kappa shape index (κ3) is 3.95. The summed E-state index contributed by atoms with van der Waals surface area (Å²) < 4.78 is 13.7. The molecule has 30 heavy (non-hydrogen) atoms. The fourth-order valence-electron chi connectivity index (χ4n) is 3.56. The molecular weight excluding hydrogens is 454 g/mol. The zero-order valence-electron chi connectivity index (χ0n) is 17.5. The number of ether oxygens (including phenoxy) is 2. The molecule has 162 valence electrons. The number of hydrogen-bond donors (Lipinski definition) is 1. The molecule has 2 atom stereocenters. The van der Waals surface area contributed by atoms with Gasteiger partial charge in [0.15, 0.2) is 5.65 Å². The van der Waals surface area contributed by atoms with E-state index >= 15 is 0 Å². The van der Waals surface area contributed by atoms with Crippen molar-refractivity contribution in [2.75, 3.05) is 39.0 Å². The summed E-state index contributed by atoms with van der Waals surface area (Å²) in [5.41, 5.74) is 8.04. The molecule has 4 rings (SSSR count). The van der Waals surface area contributed by atoms with E-state index in [4.69, 9.17) is 20.2 Å². The van der Waals surface area contributed by atoms with Gasteiger partial charge in [0.1, 0.15) is 17.5 Å². The fourth-order valence-corrected chi connectivity index (χ4v) is 4.08. The molecule has 1 saturated heterocycles. The van der Waals surface area contributed by atoms with Gasteiger partial charge in [0.05, 0.1) is 29.5 Å². The number of rotatable bonds is 2. The van der Waals surface area contributed by atoms with Crippen LogP contribution in [0, 0.1) is 0 Å². The van der Waals surface area contributed by atoms with Crippen LogP contribution in [0.25, 0.3) is 5.65 Å². The van der Waals surface area contributed by atoms with E-state index in [0.29, 0.717) is 41.3 Å². The molecule has 0 spiro atoms. The Labute approximate surface area is 183 Å². The van der Waals surface area contributed by atoms with Crippen LogP contribution < -0.4 is 5.73 Å². The lowest BCUT2D eigenvalue weighted by atomic mass is 10.0. The number of anilines is 1. The van der Waals surface area contributed by atoms with E-state index in [1.165, 1.54) is 0 Å². The number of halogens is 1. The first-order valence-electron chi connectivity index (χ1n) is 9.81. The number of amides is 1. The first-order valence-corrected chi connectivity index (χ1v) is 10.6. The molecule has 1 amide bonds. The largest absolute Gasteiger partial charge is 0.444 e. The van der Waals surface area contributed by atoms with Crippen molar-refractivity contribution in [1.82, 2.24) is 24.5 Å². The van der Waals surface area contributed by atoms with Gasteiger partial charge in [-0.2, -0.15) is 14.7 Å². The van der Waals surface area contributed by atoms with Gasteiger partial charge in [-0.25, -0.2) is 9.78 Å². The molecule has 0 aromatic carbocycles. The number of morpholine rings is 1. The normalized spacial score (nSPS) is 22.2. The van der Waals surface area contributed by atoms with Gasteiger partial charge in [-0.05, 0) is 36.7 Å². The molecule has 2 aliphatic rings. The Hall–Kier alpha value is -2.40. The summed E-state index contributed by atoms with van der Waals surface area (Å²) in [5, 5.41) is 10.6. The summed E-state index contributed by atoms with van der Waals surface area (Å²) in [6, 6.07) is 0. The van der Waals surface area contributed by atoms with Crippen LogP contribution in [0.1, 0.15) is 44.1 Å². The Morgan fingerprint density at radius 2 is 2.13 bits per heavy atom. The van der Waals surface area contributed by atoms with Gasteiger partial charge >= 0.3 is 6.09 Å². The lowest BCUT2D eigenvalue weighted by molar-refractivity contribution is -0.0448. The number of fused-ring (bicyclic) bond motifs is 1. The van der Waals surface area contributed by atoms with Gasteiger partial charge in [0, 0.05) is 37.8 Å². The molecule has 0 radical (unpaired) electrons. The molecule has 2 aliphatic heterocycles. The van der Waals surface area contributed by atoms with Gasteiger partial charge < -0.3 is 20.1 Å². The minimum absolute atomic E-state index is 0.0824. The van der Waals surface area contributed by atoms with Gasteiger partial charge in [-0.15, -0.1) is 0 Å². The summed E-state index contributed by atoms with van der Waals surface area (Å²) in [6.07, 6.45) is 2.86. The molecule has 0 aliphatic carbocycles. The highest BCUT2D eigenvalue weighted by Crippen LogP contribution is 2.34. The van der Waals surface area contributed by atoms with Crippen molar-refractivity contribution in [1.29, 1.82) is 0 Å². The van der Waals surface area contributed by atoms with E-state index in [9.17, 15) is 4.79 Å².